The standard InChI is InChI=1S/C15H16N2O3/c1-20-15(19)10-6-7-17(9-10)14(18)12-8-16-13-5-3-2-4-11(12)13/h2-5,8,10,16H,6-7,9H2,1H3. The van der Waals surface area contributed by atoms with E-state index in [9.17, 15) is 9.59 Å². The number of nitrogens with one attached hydrogen (secondary N) is 1. The Hall–Kier alpha value is -2.30. The van der Waals surface area contributed by atoms with E-state index < -0.39 is 0 Å². The number of fused-ring (bicyclic) bond motifs is 1. The van der Waals surface area contributed by atoms with Gasteiger partial charge in [-0.05, 0) is 12.5 Å². The summed E-state index contributed by atoms with van der Waals surface area (Å²) < 4.78 is 4.74. The molecule has 2 aromatic rings. The molecule has 0 aliphatic carbocycles. The lowest BCUT2D eigenvalue weighted by Gasteiger charge is -2.15. The van der Waals surface area contributed by atoms with Gasteiger partial charge in [-0.25, -0.2) is 0 Å². The first-order valence-corrected chi connectivity index (χ1v) is 6.64. The minimum absolute atomic E-state index is 0.0335. The first-order chi connectivity index (χ1) is 9.70. The number of likely N-dealkylation sites (tertiary alicyclic amines) is 1. The summed E-state index contributed by atoms with van der Waals surface area (Å²) in [4.78, 5) is 28.9. The Kier molecular flexibility index (Phi) is 3.18. The largest absolute Gasteiger partial charge is 0.469 e. The summed E-state index contributed by atoms with van der Waals surface area (Å²) in [5, 5.41) is 0.916. The molecular weight excluding hydrogens is 256 g/mol. The molecule has 0 spiro atoms. The van der Waals surface area contributed by atoms with E-state index in [2.05, 4.69) is 4.98 Å². The van der Waals surface area contributed by atoms with Crippen molar-refractivity contribution in [2.24, 2.45) is 5.92 Å². The van der Waals surface area contributed by atoms with Crippen molar-refractivity contribution in [1.82, 2.24) is 9.88 Å². The van der Waals surface area contributed by atoms with Crippen LogP contribution < -0.4 is 0 Å². The molecule has 0 radical (unpaired) electrons. The average Bonchev–Trinajstić information content (AvgIpc) is 3.12. The zero-order valence-electron chi connectivity index (χ0n) is 11.3. The number of aromatic amines is 1. The van der Waals surface area contributed by atoms with Crippen molar-refractivity contribution in [3.63, 3.8) is 0 Å². The Morgan fingerprint density at radius 1 is 1.35 bits per heavy atom. The minimum atomic E-state index is -0.237. The molecule has 0 bridgehead atoms. The van der Waals surface area contributed by atoms with Crippen molar-refractivity contribution in [2.75, 3.05) is 20.2 Å². The van der Waals surface area contributed by atoms with Crippen molar-refractivity contribution in [3.05, 3.63) is 36.0 Å². The Bertz CT molecular complexity index is 662. The number of esters is 1. The minimum Gasteiger partial charge on any atom is -0.469 e. The summed E-state index contributed by atoms with van der Waals surface area (Å²) in [6, 6.07) is 7.70. The number of aromatic nitrogens is 1. The van der Waals surface area contributed by atoms with Gasteiger partial charge in [0.1, 0.15) is 0 Å². The summed E-state index contributed by atoms with van der Waals surface area (Å²) in [5.41, 5.74) is 1.60. The van der Waals surface area contributed by atoms with Crippen LogP contribution in [0.4, 0.5) is 0 Å². The zero-order valence-corrected chi connectivity index (χ0v) is 11.3. The van der Waals surface area contributed by atoms with Crippen LogP contribution in [0.3, 0.4) is 0 Å². The summed E-state index contributed by atoms with van der Waals surface area (Å²) in [7, 11) is 1.38. The van der Waals surface area contributed by atoms with E-state index in [1.54, 1.807) is 11.1 Å². The number of ether oxygens (including phenoxy) is 1. The number of amides is 1. The highest BCUT2D eigenvalue weighted by molar-refractivity contribution is 6.06. The van der Waals surface area contributed by atoms with Crippen LogP contribution in [-0.4, -0.2) is 42.0 Å². The molecule has 3 rings (SSSR count). The van der Waals surface area contributed by atoms with Crippen LogP contribution in [-0.2, 0) is 9.53 Å². The van der Waals surface area contributed by atoms with Crippen LogP contribution in [0.2, 0.25) is 0 Å². The lowest BCUT2D eigenvalue weighted by atomic mass is 10.1. The first kappa shape index (κ1) is 12.7. The molecule has 1 fully saturated rings. The van der Waals surface area contributed by atoms with Crippen LogP contribution in [0.5, 0.6) is 0 Å². The Morgan fingerprint density at radius 2 is 2.15 bits per heavy atom. The van der Waals surface area contributed by atoms with Crippen molar-refractivity contribution in [1.29, 1.82) is 0 Å². The maximum absolute atomic E-state index is 12.5. The number of para-hydroxylation sites is 1. The summed E-state index contributed by atoms with van der Waals surface area (Å²) in [6.45, 7) is 1.03. The number of rotatable bonds is 2. The number of hydrogen-bond acceptors (Lipinski definition) is 3. The molecule has 5 nitrogen and oxygen atoms in total. The second-order valence-corrected chi connectivity index (χ2v) is 5.01. The molecule has 1 aliphatic heterocycles. The fourth-order valence-corrected chi connectivity index (χ4v) is 2.72. The van der Waals surface area contributed by atoms with Gasteiger partial charge in [0.15, 0.2) is 0 Å². The highest BCUT2D eigenvalue weighted by atomic mass is 16.5. The molecule has 2 heterocycles. The Morgan fingerprint density at radius 3 is 2.95 bits per heavy atom. The van der Waals surface area contributed by atoms with Gasteiger partial charge >= 0.3 is 5.97 Å². The molecule has 20 heavy (non-hydrogen) atoms. The van der Waals surface area contributed by atoms with Gasteiger partial charge in [0.25, 0.3) is 5.91 Å². The molecule has 1 aromatic carbocycles. The third-order valence-electron chi connectivity index (χ3n) is 3.83. The average molecular weight is 272 g/mol. The second-order valence-electron chi connectivity index (χ2n) is 5.01. The molecule has 1 saturated heterocycles. The quantitative estimate of drug-likeness (QED) is 0.848. The van der Waals surface area contributed by atoms with Crippen molar-refractivity contribution in [3.8, 4) is 0 Å². The molecule has 1 N–H and O–H groups in total. The van der Waals surface area contributed by atoms with Gasteiger partial charge in [-0.15, -0.1) is 0 Å². The topological polar surface area (TPSA) is 62.4 Å². The molecule has 1 atom stereocenters. The van der Waals surface area contributed by atoms with Crippen molar-refractivity contribution in [2.45, 2.75) is 6.42 Å². The van der Waals surface area contributed by atoms with Gasteiger partial charge in [-0.3, -0.25) is 9.59 Å². The molecule has 5 heteroatoms. The molecule has 104 valence electrons. The molecule has 1 aromatic heterocycles. The summed E-state index contributed by atoms with van der Waals surface area (Å²) >= 11 is 0. The van der Waals surface area contributed by atoms with Crippen LogP contribution in [0.25, 0.3) is 10.9 Å². The SMILES string of the molecule is COC(=O)C1CCN(C(=O)c2c[nH]c3ccccc23)C1. The monoisotopic (exact) mass is 272 g/mol. The number of nitrogens with zero attached hydrogens (tertiary/aromatic N) is 1. The highest BCUT2D eigenvalue weighted by Gasteiger charge is 2.32. The third kappa shape index (κ3) is 2.05. The van der Waals surface area contributed by atoms with Gasteiger partial charge in [0, 0.05) is 30.2 Å². The van der Waals surface area contributed by atoms with E-state index in [0.717, 1.165) is 10.9 Å². The fourth-order valence-electron chi connectivity index (χ4n) is 2.72. The highest BCUT2D eigenvalue weighted by Crippen LogP contribution is 2.23. The molecule has 1 unspecified atom stereocenters. The smallest absolute Gasteiger partial charge is 0.310 e. The van der Waals surface area contributed by atoms with Gasteiger partial charge in [-0.2, -0.15) is 0 Å². The predicted octanol–water partition coefficient (Wildman–Crippen LogP) is 1.80. The van der Waals surface area contributed by atoms with E-state index in [4.69, 9.17) is 4.74 Å². The van der Waals surface area contributed by atoms with Crippen LogP contribution in [0.15, 0.2) is 30.5 Å². The van der Waals surface area contributed by atoms with E-state index >= 15 is 0 Å². The molecular formula is C15H16N2O3. The molecule has 1 aliphatic rings. The number of H-pyrrole nitrogens is 1. The maximum atomic E-state index is 12.5. The maximum Gasteiger partial charge on any atom is 0.310 e. The van der Waals surface area contributed by atoms with Crippen molar-refractivity contribution >= 4 is 22.8 Å². The van der Waals surface area contributed by atoms with E-state index in [-0.39, 0.29) is 17.8 Å². The Balaban J connectivity index is 1.82. The molecule has 0 saturated carbocycles. The van der Waals surface area contributed by atoms with Gasteiger partial charge in [0.2, 0.25) is 0 Å². The lowest BCUT2D eigenvalue weighted by Crippen LogP contribution is -2.30. The van der Waals surface area contributed by atoms with Crippen molar-refractivity contribution < 1.29 is 14.3 Å². The zero-order chi connectivity index (χ0) is 14.1. The number of carbonyl (C=O) groups excluding carboxylic acids is 2. The Labute approximate surface area is 116 Å². The second kappa shape index (κ2) is 5.00. The van der Waals surface area contributed by atoms with E-state index in [0.29, 0.717) is 25.1 Å². The molecule has 1 amide bonds. The van der Waals surface area contributed by atoms with Gasteiger partial charge in [0.05, 0.1) is 18.6 Å². The van der Waals surface area contributed by atoms with Gasteiger partial charge in [-0.1, -0.05) is 18.2 Å². The number of hydrogen-bond donors (Lipinski definition) is 1. The summed E-state index contributed by atoms with van der Waals surface area (Å²) in [6.07, 6.45) is 2.40. The third-order valence-corrected chi connectivity index (χ3v) is 3.83. The van der Waals surface area contributed by atoms with E-state index in [1.165, 1.54) is 7.11 Å². The van der Waals surface area contributed by atoms with Crippen LogP contribution >= 0.6 is 0 Å². The number of carbonyl (C=O) groups is 2. The number of benzene rings is 1. The lowest BCUT2D eigenvalue weighted by molar-refractivity contribution is -0.144. The number of methoxy groups -OCH3 is 1. The normalized spacial score (nSPS) is 18.4. The van der Waals surface area contributed by atoms with Gasteiger partial charge < -0.3 is 14.6 Å². The van der Waals surface area contributed by atoms with E-state index in [1.807, 2.05) is 24.3 Å². The fraction of sp³-hybridized carbons (Fsp3) is 0.333. The van der Waals surface area contributed by atoms with Crippen LogP contribution in [0, 0.1) is 5.92 Å². The summed E-state index contributed by atoms with van der Waals surface area (Å²) in [5.74, 6) is -0.470. The first-order valence-electron chi connectivity index (χ1n) is 6.64. The predicted molar refractivity (Wildman–Crippen MR) is 74.3 cm³/mol. The van der Waals surface area contributed by atoms with Crippen LogP contribution in [0.1, 0.15) is 16.8 Å².